The molecule has 5 heteroatoms. The zero-order chi connectivity index (χ0) is 15.0. The van der Waals surface area contributed by atoms with Crippen molar-refractivity contribution in [3.8, 4) is 0 Å². The molecule has 1 aliphatic rings. The van der Waals surface area contributed by atoms with Gasteiger partial charge in [-0.25, -0.2) is 8.42 Å². The van der Waals surface area contributed by atoms with Gasteiger partial charge < -0.3 is 4.74 Å². The van der Waals surface area contributed by atoms with Crippen LogP contribution in [0.3, 0.4) is 0 Å². The SMILES string of the molecule is COC(=O)C(C)(C)CS(=O)(=O)c1ccc2c(c1)CCC2. The zero-order valence-electron chi connectivity index (χ0n) is 12.1. The van der Waals surface area contributed by atoms with Crippen LogP contribution in [0.1, 0.15) is 31.4 Å². The molecule has 0 radical (unpaired) electrons. The fraction of sp³-hybridized carbons (Fsp3) is 0.533. The smallest absolute Gasteiger partial charge is 0.312 e. The highest BCUT2D eigenvalue weighted by Crippen LogP contribution is 2.28. The van der Waals surface area contributed by atoms with E-state index in [1.54, 1.807) is 26.0 Å². The average Bonchev–Trinajstić information content (AvgIpc) is 2.83. The highest BCUT2D eigenvalue weighted by molar-refractivity contribution is 7.91. The number of carbonyl (C=O) groups excluding carboxylic acids is 1. The first kappa shape index (κ1) is 15.0. The average molecular weight is 296 g/mol. The van der Waals surface area contributed by atoms with Gasteiger partial charge in [0.2, 0.25) is 0 Å². The predicted molar refractivity (Wildman–Crippen MR) is 76.3 cm³/mol. The van der Waals surface area contributed by atoms with Crippen molar-refractivity contribution in [2.24, 2.45) is 5.41 Å². The lowest BCUT2D eigenvalue weighted by Crippen LogP contribution is -2.33. The van der Waals surface area contributed by atoms with Crippen molar-refractivity contribution < 1.29 is 17.9 Å². The number of fused-ring (bicyclic) bond motifs is 1. The molecule has 2 rings (SSSR count). The van der Waals surface area contributed by atoms with Crippen LogP contribution in [0.25, 0.3) is 0 Å². The van der Waals surface area contributed by atoms with E-state index in [-0.39, 0.29) is 5.75 Å². The van der Waals surface area contributed by atoms with Gasteiger partial charge in [-0.3, -0.25) is 4.79 Å². The first-order valence-corrected chi connectivity index (χ1v) is 8.34. The molecule has 0 aromatic heterocycles. The zero-order valence-corrected chi connectivity index (χ0v) is 12.9. The highest BCUT2D eigenvalue weighted by Gasteiger charge is 2.35. The molecule has 0 heterocycles. The lowest BCUT2D eigenvalue weighted by Gasteiger charge is -2.21. The lowest BCUT2D eigenvalue weighted by molar-refractivity contribution is -0.149. The van der Waals surface area contributed by atoms with Gasteiger partial charge in [0.1, 0.15) is 0 Å². The number of benzene rings is 1. The third-order valence-corrected chi connectivity index (χ3v) is 5.79. The second-order valence-electron chi connectivity index (χ2n) is 5.92. The molecule has 0 N–H and O–H groups in total. The van der Waals surface area contributed by atoms with E-state index in [1.165, 1.54) is 12.7 Å². The normalized spacial score (nSPS) is 14.9. The van der Waals surface area contributed by atoms with E-state index in [0.29, 0.717) is 4.90 Å². The Morgan fingerprint density at radius 3 is 2.55 bits per heavy atom. The minimum atomic E-state index is -3.50. The third kappa shape index (κ3) is 2.87. The van der Waals surface area contributed by atoms with Crippen molar-refractivity contribution >= 4 is 15.8 Å². The van der Waals surface area contributed by atoms with E-state index < -0.39 is 21.2 Å². The maximum Gasteiger partial charge on any atom is 0.312 e. The van der Waals surface area contributed by atoms with E-state index in [9.17, 15) is 13.2 Å². The highest BCUT2D eigenvalue weighted by atomic mass is 32.2. The Hall–Kier alpha value is -1.36. The molecule has 0 saturated heterocycles. The van der Waals surface area contributed by atoms with Crippen LogP contribution in [-0.4, -0.2) is 27.2 Å². The van der Waals surface area contributed by atoms with Crippen LogP contribution in [0, 0.1) is 5.41 Å². The molecule has 110 valence electrons. The second kappa shape index (κ2) is 5.20. The van der Waals surface area contributed by atoms with E-state index in [0.717, 1.165) is 24.8 Å². The number of rotatable bonds is 4. The minimum absolute atomic E-state index is 0.245. The van der Waals surface area contributed by atoms with Gasteiger partial charge >= 0.3 is 5.97 Å². The molecule has 0 fully saturated rings. The Bertz CT molecular complexity index is 629. The predicted octanol–water partition coefficient (Wildman–Crippen LogP) is 2.15. The van der Waals surface area contributed by atoms with Crippen molar-refractivity contribution in [1.29, 1.82) is 0 Å². The fourth-order valence-electron chi connectivity index (χ4n) is 2.64. The molecule has 0 bridgehead atoms. The summed E-state index contributed by atoms with van der Waals surface area (Å²) in [5, 5.41) is 0. The summed E-state index contributed by atoms with van der Waals surface area (Å²) in [6.45, 7) is 3.17. The number of ether oxygens (including phenoxy) is 1. The lowest BCUT2D eigenvalue weighted by atomic mass is 9.97. The number of aryl methyl sites for hydroxylation is 2. The molecule has 1 aromatic carbocycles. The standard InChI is InChI=1S/C15H20O4S/c1-15(2,14(16)19-3)10-20(17,18)13-8-7-11-5-4-6-12(11)9-13/h7-9H,4-6,10H2,1-3H3. The van der Waals surface area contributed by atoms with Gasteiger partial charge in [0.15, 0.2) is 9.84 Å². The molecule has 0 amide bonds. The van der Waals surface area contributed by atoms with Crippen LogP contribution in [-0.2, 0) is 32.2 Å². The van der Waals surface area contributed by atoms with E-state index in [2.05, 4.69) is 4.74 Å². The quantitative estimate of drug-likeness (QED) is 0.799. The van der Waals surface area contributed by atoms with Crippen LogP contribution in [0.5, 0.6) is 0 Å². The Labute approximate surface area is 120 Å². The second-order valence-corrected chi connectivity index (χ2v) is 7.91. The Morgan fingerprint density at radius 1 is 1.25 bits per heavy atom. The van der Waals surface area contributed by atoms with Gasteiger partial charge in [0.05, 0.1) is 23.2 Å². The van der Waals surface area contributed by atoms with Crippen molar-refractivity contribution in [2.45, 2.75) is 38.0 Å². The van der Waals surface area contributed by atoms with Crippen LogP contribution in [0.15, 0.2) is 23.1 Å². The molecule has 0 spiro atoms. The van der Waals surface area contributed by atoms with Crippen LogP contribution >= 0.6 is 0 Å². The molecule has 4 nitrogen and oxygen atoms in total. The summed E-state index contributed by atoms with van der Waals surface area (Å²) < 4.78 is 29.6. The fourth-order valence-corrected chi connectivity index (χ4v) is 4.47. The Balaban J connectivity index is 2.29. The molecular weight excluding hydrogens is 276 g/mol. The first-order chi connectivity index (χ1) is 9.26. The molecule has 1 aliphatic carbocycles. The third-order valence-electron chi connectivity index (χ3n) is 3.72. The summed E-state index contributed by atoms with van der Waals surface area (Å²) in [7, 11) is -2.23. The summed E-state index contributed by atoms with van der Waals surface area (Å²) >= 11 is 0. The molecule has 0 saturated carbocycles. The number of methoxy groups -OCH3 is 1. The Morgan fingerprint density at radius 2 is 1.90 bits per heavy atom. The number of sulfone groups is 1. The van der Waals surface area contributed by atoms with Crippen molar-refractivity contribution in [3.05, 3.63) is 29.3 Å². The summed E-state index contributed by atoms with van der Waals surface area (Å²) in [6, 6.07) is 5.29. The van der Waals surface area contributed by atoms with Crippen LogP contribution < -0.4 is 0 Å². The topological polar surface area (TPSA) is 60.4 Å². The van der Waals surface area contributed by atoms with Crippen molar-refractivity contribution in [1.82, 2.24) is 0 Å². The largest absolute Gasteiger partial charge is 0.469 e. The summed E-state index contributed by atoms with van der Waals surface area (Å²) in [5.74, 6) is -0.756. The van der Waals surface area contributed by atoms with Gasteiger partial charge in [-0.2, -0.15) is 0 Å². The molecule has 0 unspecified atom stereocenters. The molecule has 1 aromatic rings. The van der Waals surface area contributed by atoms with E-state index in [1.807, 2.05) is 6.07 Å². The van der Waals surface area contributed by atoms with Crippen molar-refractivity contribution in [2.75, 3.05) is 12.9 Å². The maximum absolute atomic E-state index is 12.5. The molecule has 0 atom stereocenters. The van der Waals surface area contributed by atoms with Gasteiger partial charge in [-0.1, -0.05) is 6.07 Å². The Kier molecular flexibility index (Phi) is 3.91. The molecule has 20 heavy (non-hydrogen) atoms. The van der Waals surface area contributed by atoms with E-state index >= 15 is 0 Å². The van der Waals surface area contributed by atoms with Gasteiger partial charge in [-0.15, -0.1) is 0 Å². The summed E-state index contributed by atoms with van der Waals surface area (Å²) in [6.07, 6.45) is 3.02. The van der Waals surface area contributed by atoms with E-state index in [4.69, 9.17) is 0 Å². The molecular formula is C15H20O4S. The summed E-state index contributed by atoms with van der Waals surface area (Å²) in [5.41, 5.74) is 1.30. The van der Waals surface area contributed by atoms with Crippen LogP contribution in [0.2, 0.25) is 0 Å². The minimum Gasteiger partial charge on any atom is -0.469 e. The number of hydrogen-bond donors (Lipinski definition) is 0. The van der Waals surface area contributed by atoms with Gasteiger partial charge in [-0.05, 0) is 56.4 Å². The monoisotopic (exact) mass is 296 g/mol. The van der Waals surface area contributed by atoms with Crippen molar-refractivity contribution in [3.63, 3.8) is 0 Å². The molecule has 0 aliphatic heterocycles. The van der Waals surface area contributed by atoms with Crippen LogP contribution in [0.4, 0.5) is 0 Å². The first-order valence-electron chi connectivity index (χ1n) is 6.69. The number of hydrogen-bond acceptors (Lipinski definition) is 4. The van der Waals surface area contributed by atoms with Gasteiger partial charge in [0.25, 0.3) is 0 Å². The maximum atomic E-state index is 12.5. The number of esters is 1. The number of carbonyl (C=O) groups is 1. The van der Waals surface area contributed by atoms with Gasteiger partial charge in [0, 0.05) is 0 Å². The summed E-state index contributed by atoms with van der Waals surface area (Å²) in [4.78, 5) is 11.9.